The van der Waals surface area contributed by atoms with Crippen molar-refractivity contribution in [2.45, 2.75) is 32.7 Å². The van der Waals surface area contributed by atoms with Crippen molar-refractivity contribution in [2.24, 2.45) is 11.8 Å². The molecule has 0 aliphatic carbocycles. The molecule has 88 valence electrons. The van der Waals surface area contributed by atoms with Gasteiger partial charge in [-0.2, -0.15) is 0 Å². The topological polar surface area (TPSA) is 3.24 Å². The van der Waals surface area contributed by atoms with Crippen LogP contribution in [0.25, 0.3) is 0 Å². The lowest BCUT2D eigenvalue weighted by Gasteiger charge is -2.22. The highest BCUT2D eigenvalue weighted by Gasteiger charge is 2.30. The molecule has 1 saturated heterocycles. The normalized spacial score (nSPS) is 26.5. The summed E-state index contributed by atoms with van der Waals surface area (Å²) in [4.78, 5) is 2.54. The van der Waals surface area contributed by atoms with Gasteiger partial charge in [0.2, 0.25) is 0 Å². The molecule has 16 heavy (non-hydrogen) atoms. The molecule has 1 aliphatic rings. The van der Waals surface area contributed by atoms with Crippen LogP contribution in [0.5, 0.6) is 0 Å². The lowest BCUT2D eigenvalue weighted by atomic mass is 9.93. The van der Waals surface area contributed by atoms with E-state index in [2.05, 4.69) is 56.1 Å². The summed E-state index contributed by atoms with van der Waals surface area (Å²) in [5.74, 6) is 1.63. The van der Waals surface area contributed by atoms with Crippen LogP contribution in [0.15, 0.2) is 30.3 Å². The van der Waals surface area contributed by atoms with Crippen LogP contribution in [-0.2, 0) is 6.42 Å². The maximum Gasteiger partial charge on any atom is 0.0118 e. The van der Waals surface area contributed by atoms with Gasteiger partial charge in [-0.25, -0.2) is 0 Å². The molecule has 1 heterocycles. The number of nitrogens with zero attached hydrogens (tertiary/aromatic N) is 1. The van der Waals surface area contributed by atoms with E-state index in [9.17, 15) is 0 Å². The first-order chi connectivity index (χ1) is 7.66. The Morgan fingerprint density at radius 1 is 1.25 bits per heavy atom. The Hall–Kier alpha value is -0.820. The van der Waals surface area contributed by atoms with Crippen molar-refractivity contribution in [2.75, 3.05) is 13.6 Å². The molecular formula is C15H23N. The lowest BCUT2D eigenvalue weighted by Crippen LogP contribution is -2.29. The second-order valence-corrected chi connectivity index (χ2v) is 5.54. The molecule has 0 radical (unpaired) electrons. The van der Waals surface area contributed by atoms with Crippen molar-refractivity contribution in [3.05, 3.63) is 35.9 Å². The van der Waals surface area contributed by atoms with Gasteiger partial charge in [0.1, 0.15) is 0 Å². The fraction of sp³-hybridized carbons (Fsp3) is 0.600. The molecule has 1 aromatic rings. The Balaban J connectivity index is 1.94. The molecule has 2 unspecified atom stereocenters. The zero-order valence-electron chi connectivity index (χ0n) is 10.7. The molecule has 1 aromatic carbocycles. The van der Waals surface area contributed by atoms with Crippen molar-refractivity contribution < 1.29 is 0 Å². The number of hydrogen-bond acceptors (Lipinski definition) is 1. The minimum Gasteiger partial charge on any atom is -0.303 e. The van der Waals surface area contributed by atoms with Crippen LogP contribution in [0.4, 0.5) is 0 Å². The van der Waals surface area contributed by atoms with Gasteiger partial charge >= 0.3 is 0 Å². The third kappa shape index (κ3) is 2.65. The summed E-state index contributed by atoms with van der Waals surface area (Å²) in [6.45, 7) is 5.94. The monoisotopic (exact) mass is 217 g/mol. The van der Waals surface area contributed by atoms with Crippen molar-refractivity contribution >= 4 is 0 Å². The third-order valence-electron chi connectivity index (χ3n) is 3.82. The van der Waals surface area contributed by atoms with Crippen LogP contribution in [0.2, 0.25) is 0 Å². The van der Waals surface area contributed by atoms with Crippen molar-refractivity contribution in [1.82, 2.24) is 4.90 Å². The molecule has 0 amide bonds. The van der Waals surface area contributed by atoms with E-state index in [1.54, 1.807) is 0 Å². The van der Waals surface area contributed by atoms with Gasteiger partial charge in [-0.15, -0.1) is 0 Å². The fourth-order valence-electron chi connectivity index (χ4n) is 3.02. The molecule has 1 nitrogen and oxygen atoms in total. The Morgan fingerprint density at radius 2 is 1.94 bits per heavy atom. The first kappa shape index (κ1) is 11.7. The predicted molar refractivity (Wildman–Crippen MR) is 69.5 cm³/mol. The van der Waals surface area contributed by atoms with Gasteiger partial charge < -0.3 is 4.90 Å². The third-order valence-corrected chi connectivity index (χ3v) is 3.82. The average molecular weight is 217 g/mol. The number of benzene rings is 1. The highest BCUT2D eigenvalue weighted by atomic mass is 15.2. The summed E-state index contributed by atoms with van der Waals surface area (Å²) in [5, 5.41) is 0. The van der Waals surface area contributed by atoms with Gasteiger partial charge in [-0.05, 0) is 37.3 Å². The van der Waals surface area contributed by atoms with E-state index in [1.165, 1.54) is 24.9 Å². The quantitative estimate of drug-likeness (QED) is 0.751. The van der Waals surface area contributed by atoms with Crippen LogP contribution in [0.1, 0.15) is 25.8 Å². The van der Waals surface area contributed by atoms with Gasteiger partial charge in [-0.3, -0.25) is 0 Å². The Labute approximate surface area is 99.5 Å². The summed E-state index contributed by atoms with van der Waals surface area (Å²) < 4.78 is 0. The summed E-state index contributed by atoms with van der Waals surface area (Å²) in [6, 6.07) is 11.7. The van der Waals surface area contributed by atoms with Crippen LogP contribution < -0.4 is 0 Å². The smallest absolute Gasteiger partial charge is 0.0118 e. The van der Waals surface area contributed by atoms with Crippen molar-refractivity contribution in [1.29, 1.82) is 0 Å². The minimum atomic E-state index is 0.783. The molecule has 0 saturated carbocycles. The van der Waals surface area contributed by atoms with Crippen LogP contribution in [0.3, 0.4) is 0 Å². The molecule has 0 N–H and O–H groups in total. The van der Waals surface area contributed by atoms with Crippen molar-refractivity contribution in [3.8, 4) is 0 Å². The summed E-state index contributed by atoms with van der Waals surface area (Å²) in [7, 11) is 2.27. The number of hydrogen-bond donors (Lipinski definition) is 0. The molecule has 1 fully saturated rings. The largest absolute Gasteiger partial charge is 0.303 e. The summed E-state index contributed by atoms with van der Waals surface area (Å²) in [6.07, 6.45) is 2.61. The van der Waals surface area contributed by atoms with E-state index in [1.807, 2.05) is 0 Å². The summed E-state index contributed by atoms with van der Waals surface area (Å²) in [5.41, 5.74) is 1.49. The molecule has 1 aliphatic heterocycles. The van der Waals surface area contributed by atoms with Gasteiger partial charge in [-0.1, -0.05) is 44.2 Å². The number of rotatable bonds is 3. The van der Waals surface area contributed by atoms with E-state index >= 15 is 0 Å². The molecule has 2 rings (SSSR count). The van der Waals surface area contributed by atoms with Gasteiger partial charge in [0.25, 0.3) is 0 Å². The van der Waals surface area contributed by atoms with Gasteiger partial charge in [0.05, 0.1) is 0 Å². The highest BCUT2D eigenvalue weighted by molar-refractivity contribution is 5.15. The highest BCUT2D eigenvalue weighted by Crippen LogP contribution is 2.28. The predicted octanol–water partition coefficient (Wildman–Crippen LogP) is 3.21. The van der Waals surface area contributed by atoms with Crippen LogP contribution in [-0.4, -0.2) is 24.5 Å². The van der Waals surface area contributed by atoms with Crippen molar-refractivity contribution in [3.63, 3.8) is 0 Å². The van der Waals surface area contributed by atoms with Gasteiger partial charge in [0, 0.05) is 12.6 Å². The van der Waals surface area contributed by atoms with E-state index in [0.717, 1.165) is 17.9 Å². The fourth-order valence-corrected chi connectivity index (χ4v) is 3.02. The number of likely N-dealkylation sites (tertiary alicyclic amines) is 1. The van der Waals surface area contributed by atoms with E-state index in [-0.39, 0.29) is 0 Å². The molecule has 1 heteroatoms. The zero-order valence-corrected chi connectivity index (χ0v) is 10.7. The first-order valence-corrected chi connectivity index (χ1v) is 6.41. The van der Waals surface area contributed by atoms with Crippen LogP contribution >= 0.6 is 0 Å². The molecule has 0 aromatic heterocycles. The first-order valence-electron chi connectivity index (χ1n) is 6.41. The van der Waals surface area contributed by atoms with Crippen LogP contribution in [0, 0.1) is 11.8 Å². The van der Waals surface area contributed by atoms with E-state index < -0.39 is 0 Å². The SMILES string of the molecule is CC(C)C1CC(Cc2ccccc2)CN1C. The second kappa shape index (κ2) is 5.01. The molecule has 0 spiro atoms. The summed E-state index contributed by atoms with van der Waals surface area (Å²) >= 11 is 0. The maximum atomic E-state index is 2.54. The van der Waals surface area contributed by atoms with E-state index in [4.69, 9.17) is 0 Å². The maximum absolute atomic E-state index is 2.54. The Morgan fingerprint density at radius 3 is 2.50 bits per heavy atom. The second-order valence-electron chi connectivity index (χ2n) is 5.54. The van der Waals surface area contributed by atoms with Gasteiger partial charge in [0.15, 0.2) is 0 Å². The molecule has 2 atom stereocenters. The standard InChI is InChI=1S/C15H23N/c1-12(2)15-10-14(11-16(15)3)9-13-7-5-4-6-8-13/h4-8,12,14-15H,9-11H2,1-3H3. The molecular weight excluding hydrogens is 194 g/mol. The Bertz CT molecular complexity index is 317. The van der Waals surface area contributed by atoms with E-state index in [0.29, 0.717) is 0 Å². The average Bonchev–Trinajstić information content (AvgIpc) is 2.61. The molecule has 0 bridgehead atoms. The minimum absolute atomic E-state index is 0.783. The zero-order chi connectivity index (χ0) is 11.5. The lowest BCUT2D eigenvalue weighted by molar-refractivity contribution is 0.249. The Kier molecular flexibility index (Phi) is 3.65.